The standard InChI is InChI=1S/C22H24N8O/c1-2-15-11-19(24-14-23-15)29-10-6-7-16(13-29)26-22-27-20-18(21(31)28-22)12-25-30(20)17-8-4-3-5-9-17/h3-5,8-9,11-12,14,16H,2,6-7,10,13H2,1H3,(H2,26,27,28,31). The first kappa shape index (κ1) is 19.2. The van der Waals surface area contributed by atoms with Gasteiger partial charge in [-0.2, -0.15) is 10.1 Å². The number of nitrogens with one attached hydrogen (secondary N) is 2. The summed E-state index contributed by atoms with van der Waals surface area (Å²) in [5.74, 6) is 1.40. The summed E-state index contributed by atoms with van der Waals surface area (Å²) in [6, 6.07) is 11.9. The number of nitrogens with zero attached hydrogens (tertiary/aromatic N) is 6. The Balaban J connectivity index is 1.40. The molecule has 158 valence electrons. The molecule has 4 aromatic rings. The van der Waals surface area contributed by atoms with Crippen LogP contribution in [0.25, 0.3) is 16.7 Å². The average Bonchev–Trinajstić information content (AvgIpc) is 3.24. The molecule has 1 unspecified atom stereocenters. The summed E-state index contributed by atoms with van der Waals surface area (Å²) in [5.41, 5.74) is 2.23. The average molecular weight is 416 g/mol. The highest BCUT2D eigenvalue weighted by Gasteiger charge is 2.22. The molecule has 1 aromatic carbocycles. The second-order valence-electron chi connectivity index (χ2n) is 7.69. The number of para-hydroxylation sites is 1. The van der Waals surface area contributed by atoms with Crippen molar-refractivity contribution in [2.24, 2.45) is 0 Å². The van der Waals surface area contributed by atoms with Crippen LogP contribution in [0.5, 0.6) is 0 Å². The topological polar surface area (TPSA) is 105 Å². The summed E-state index contributed by atoms with van der Waals surface area (Å²) < 4.78 is 1.69. The Kier molecular flexibility index (Phi) is 5.07. The van der Waals surface area contributed by atoms with Crippen LogP contribution in [-0.4, -0.2) is 48.8 Å². The SMILES string of the molecule is CCc1cc(N2CCCC(Nc3nc4c(cnn4-c4ccccc4)c(=O)[nH]3)C2)ncn1. The lowest BCUT2D eigenvalue weighted by atomic mass is 10.1. The molecule has 3 aromatic heterocycles. The molecule has 1 aliphatic heterocycles. The maximum absolute atomic E-state index is 12.6. The highest BCUT2D eigenvalue weighted by Crippen LogP contribution is 2.21. The van der Waals surface area contributed by atoms with Crippen LogP contribution in [0.3, 0.4) is 0 Å². The van der Waals surface area contributed by atoms with E-state index in [4.69, 9.17) is 0 Å². The number of aromatic nitrogens is 6. The largest absolute Gasteiger partial charge is 0.354 e. The van der Waals surface area contributed by atoms with E-state index >= 15 is 0 Å². The minimum absolute atomic E-state index is 0.141. The lowest BCUT2D eigenvalue weighted by molar-refractivity contribution is 0.523. The molecule has 5 rings (SSSR count). The van der Waals surface area contributed by atoms with Crippen LogP contribution in [0.4, 0.5) is 11.8 Å². The number of hydrogen-bond donors (Lipinski definition) is 2. The Labute approximate surface area is 179 Å². The van der Waals surface area contributed by atoms with Gasteiger partial charge in [0.2, 0.25) is 5.95 Å². The fourth-order valence-electron chi connectivity index (χ4n) is 3.99. The third-order valence-electron chi connectivity index (χ3n) is 5.60. The van der Waals surface area contributed by atoms with Gasteiger partial charge in [-0.25, -0.2) is 14.6 Å². The second kappa shape index (κ2) is 8.17. The number of anilines is 2. The molecule has 0 radical (unpaired) electrons. The molecule has 0 bridgehead atoms. The molecule has 9 nitrogen and oxygen atoms in total. The molecule has 1 aliphatic rings. The minimum Gasteiger partial charge on any atom is -0.354 e. The van der Waals surface area contributed by atoms with Crippen molar-refractivity contribution in [3.63, 3.8) is 0 Å². The summed E-state index contributed by atoms with van der Waals surface area (Å²) in [4.78, 5) is 31.2. The molecule has 1 atom stereocenters. The molecular formula is C22H24N8O. The van der Waals surface area contributed by atoms with E-state index in [-0.39, 0.29) is 11.6 Å². The van der Waals surface area contributed by atoms with Gasteiger partial charge in [0, 0.05) is 30.9 Å². The number of aromatic amines is 1. The Morgan fingerprint density at radius 3 is 2.94 bits per heavy atom. The van der Waals surface area contributed by atoms with Crippen molar-refractivity contribution in [3.8, 4) is 5.69 Å². The van der Waals surface area contributed by atoms with E-state index in [0.29, 0.717) is 17.0 Å². The van der Waals surface area contributed by atoms with Gasteiger partial charge < -0.3 is 10.2 Å². The summed E-state index contributed by atoms with van der Waals surface area (Å²) in [7, 11) is 0. The van der Waals surface area contributed by atoms with Gasteiger partial charge in [0.05, 0.1) is 11.9 Å². The molecule has 9 heteroatoms. The number of benzene rings is 1. The van der Waals surface area contributed by atoms with Crippen LogP contribution in [-0.2, 0) is 6.42 Å². The molecular weight excluding hydrogens is 392 g/mol. The Morgan fingerprint density at radius 2 is 2.10 bits per heavy atom. The maximum atomic E-state index is 12.6. The highest BCUT2D eigenvalue weighted by molar-refractivity contribution is 5.76. The van der Waals surface area contributed by atoms with E-state index in [1.54, 1.807) is 17.2 Å². The van der Waals surface area contributed by atoms with E-state index in [1.807, 2.05) is 36.4 Å². The summed E-state index contributed by atoms with van der Waals surface area (Å²) >= 11 is 0. The third-order valence-corrected chi connectivity index (χ3v) is 5.60. The number of rotatable bonds is 5. The van der Waals surface area contributed by atoms with E-state index in [2.05, 4.69) is 42.2 Å². The quantitative estimate of drug-likeness (QED) is 0.515. The normalized spacial score (nSPS) is 16.5. The van der Waals surface area contributed by atoms with Gasteiger partial charge >= 0.3 is 0 Å². The first-order valence-electron chi connectivity index (χ1n) is 10.6. The van der Waals surface area contributed by atoms with Crippen molar-refractivity contribution < 1.29 is 0 Å². The van der Waals surface area contributed by atoms with Gasteiger partial charge in [-0.05, 0) is 31.4 Å². The fourth-order valence-corrected chi connectivity index (χ4v) is 3.99. The molecule has 1 saturated heterocycles. The number of hydrogen-bond acceptors (Lipinski definition) is 7. The van der Waals surface area contributed by atoms with Crippen molar-refractivity contribution in [3.05, 3.63) is 65.0 Å². The fraction of sp³-hybridized carbons (Fsp3) is 0.318. The van der Waals surface area contributed by atoms with Crippen molar-refractivity contribution in [2.45, 2.75) is 32.2 Å². The molecule has 0 amide bonds. The molecule has 0 aliphatic carbocycles. The van der Waals surface area contributed by atoms with Gasteiger partial charge in [0.25, 0.3) is 5.56 Å². The Hall–Kier alpha value is -3.75. The van der Waals surface area contributed by atoms with E-state index < -0.39 is 0 Å². The monoisotopic (exact) mass is 416 g/mol. The van der Waals surface area contributed by atoms with Gasteiger partial charge in [-0.3, -0.25) is 9.78 Å². The zero-order valence-corrected chi connectivity index (χ0v) is 17.3. The van der Waals surface area contributed by atoms with Crippen LogP contribution < -0.4 is 15.8 Å². The first-order valence-corrected chi connectivity index (χ1v) is 10.6. The van der Waals surface area contributed by atoms with E-state index in [1.165, 1.54) is 0 Å². The van der Waals surface area contributed by atoms with E-state index in [9.17, 15) is 4.79 Å². The zero-order valence-electron chi connectivity index (χ0n) is 17.3. The van der Waals surface area contributed by atoms with Gasteiger partial charge in [-0.1, -0.05) is 25.1 Å². The smallest absolute Gasteiger partial charge is 0.263 e. The Morgan fingerprint density at radius 1 is 1.23 bits per heavy atom. The van der Waals surface area contributed by atoms with Crippen molar-refractivity contribution >= 4 is 22.8 Å². The van der Waals surface area contributed by atoms with E-state index in [0.717, 1.165) is 49.6 Å². The molecule has 1 fully saturated rings. The number of H-pyrrole nitrogens is 1. The molecule has 4 heterocycles. The van der Waals surface area contributed by atoms with Crippen LogP contribution in [0, 0.1) is 0 Å². The number of fused-ring (bicyclic) bond motifs is 1. The van der Waals surface area contributed by atoms with Crippen LogP contribution in [0.2, 0.25) is 0 Å². The van der Waals surface area contributed by atoms with Crippen LogP contribution in [0.15, 0.2) is 53.7 Å². The number of aryl methyl sites for hydroxylation is 1. The Bertz CT molecular complexity index is 1250. The number of piperidine rings is 1. The lowest BCUT2D eigenvalue weighted by Gasteiger charge is -2.34. The summed E-state index contributed by atoms with van der Waals surface area (Å²) in [6.07, 6.45) is 6.08. The third kappa shape index (κ3) is 3.86. The summed E-state index contributed by atoms with van der Waals surface area (Å²) in [5, 5.41) is 8.25. The van der Waals surface area contributed by atoms with Crippen LogP contribution >= 0.6 is 0 Å². The van der Waals surface area contributed by atoms with Crippen molar-refractivity contribution in [1.29, 1.82) is 0 Å². The first-order chi connectivity index (χ1) is 15.2. The zero-order chi connectivity index (χ0) is 21.2. The second-order valence-corrected chi connectivity index (χ2v) is 7.69. The predicted molar refractivity (Wildman–Crippen MR) is 120 cm³/mol. The molecule has 0 spiro atoms. The van der Waals surface area contributed by atoms with Gasteiger partial charge in [0.1, 0.15) is 17.5 Å². The maximum Gasteiger partial charge on any atom is 0.263 e. The highest BCUT2D eigenvalue weighted by atomic mass is 16.1. The van der Waals surface area contributed by atoms with Crippen molar-refractivity contribution in [1.82, 2.24) is 29.7 Å². The molecule has 31 heavy (non-hydrogen) atoms. The van der Waals surface area contributed by atoms with Gasteiger partial charge in [-0.15, -0.1) is 0 Å². The molecule has 0 saturated carbocycles. The summed E-state index contributed by atoms with van der Waals surface area (Å²) in [6.45, 7) is 3.81. The van der Waals surface area contributed by atoms with Gasteiger partial charge in [0.15, 0.2) is 5.65 Å². The minimum atomic E-state index is -0.203. The molecule has 2 N–H and O–H groups in total. The van der Waals surface area contributed by atoms with Crippen LogP contribution in [0.1, 0.15) is 25.5 Å². The predicted octanol–water partition coefficient (Wildman–Crippen LogP) is 2.54. The lowest BCUT2D eigenvalue weighted by Crippen LogP contribution is -2.43. The van der Waals surface area contributed by atoms with Crippen molar-refractivity contribution in [2.75, 3.05) is 23.3 Å².